The highest BCUT2D eigenvalue weighted by molar-refractivity contribution is 9.10. The van der Waals surface area contributed by atoms with Crippen LogP contribution in [-0.2, 0) is 16.3 Å². The van der Waals surface area contributed by atoms with Crippen LogP contribution in [0, 0.1) is 0 Å². The lowest BCUT2D eigenvalue weighted by molar-refractivity contribution is -0.184. The Morgan fingerprint density at radius 1 is 1.71 bits per heavy atom. The number of halogens is 2. The van der Waals surface area contributed by atoms with E-state index < -0.39 is 18.5 Å². The lowest BCUT2D eigenvalue weighted by atomic mass is 10.2. The predicted octanol–water partition coefficient (Wildman–Crippen LogP) is 1.62. The zero-order valence-corrected chi connectivity index (χ0v) is 10.0. The number of urea groups is 1. The molecular formula is C9H7BrFN3O3. The first kappa shape index (κ1) is 11.8. The largest absolute Gasteiger partial charge is 0.368 e. The number of rotatable bonds is 2. The molecule has 1 aromatic rings. The molecule has 8 heteroatoms. The van der Waals surface area contributed by atoms with E-state index in [-0.39, 0.29) is 6.54 Å². The monoisotopic (exact) mass is 303 g/mol. The van der Waals surface area contributed by atoms with Gasteiger partial charge in [-0.05, 0) is 22.0 Å². The van der Waals surface area contributed by atoms with Gasteiger partial charge in [0.25, 0.3) is 0 Å². The number of pyridine rings is 1. The second-order valence-electron chi connectivity index (χ2n) is 3.40. The number of amides is 2. The highest BCUT2D eigenvalue weighted by atomic mass is 79.9. The van der Waals surface area contributed by atoms with E-state index in [1.54, 1.807) is 12.3 Å². The van der Waals surface area contributed by atoms with Gasteiger partial charge in [-0.15, -0.1) is 0 Å². The van der Waals surface area contributed by atoms with Crippen molar-refractivity contribution in [3.8, 4) is 0 Å². The Labute approximate surface area is 104 Å². The molecule has 0 unspecified atom stereocenters. The molecule has 2 amide bonds. The van der Waals surface area contributed by atoms with Crippen LogP contribution in [0.15, 0.2) is 16.7 Å². The molecule has 0 fully saturated rings. The Kier molecular flexibility index (Phi) is 3.23. The minimum Gasteiger partial charge on any atom is -0.309 e. The fourth-order valence-electron chi connectivity index (χ4n) is 1.48. The van der Waals surface area contributed by atoms with E-state index >= 15 is 0 Å². The second-order valence-corrected chi connectivity index (χ2v) is 4.31. The van der Waals surface area contributed by atoms with Crippen molar-refractivity contribution >= 4 is 33.7 Å². The summed E-state index contributed by atoms with van der Waals surface area (Å²) < 4.78 is 12.4. The lowest BCUT2D eigenvalue weighted by Crippen LogP contribution is -2.42. The molecule has 0 bridgehead atoms. The molecule has 0 atom stereocenters. The molecule has 1 N–H and O–H groups in total. The van der Waals surface area contributed by atoms with Crippen molar-refractivity contribution in [2.24, 2.45) is 0 Å². The molecule has 2 heterocycles. The van der Waals surface area contributed by atoms with Crippen LogP contribution in [-0.4, -0.2) is 28.4 Å². The number of anilines is 1. The maximum atomic E-state index is 11.6. The van der Waals surface area contributed by atoms with Crippen molar-refractivity contribution in [2.45, 2.75) is 6.54 Å². The Morgan fingerprint density at radius 3 is 3.18 bits per heavy atom. The Balaban J connectivity index is 2.19. The van der Waals surface area contributed by atoms with Gasteiger partial charge in [-0.3, -0.25) is 10.3 Å². The SMILES string of the molecule is O=C(CN1Cc2cc(Br)cnc2NC1=O)OF. The standard InChI is InChI=1S/C9H7BrFN3O3/c10-6-1-5-3-14(4-7(15)17-11)9(16)13-8(5)12-2-6/h1-2H,3-4H2,(H,12,13,16). The molecule has 0 saturated carbocycles. The summed E-state index contributed by atoms with van der Waals surface area (Å²) in [5.41, 5.74) is 0.727. The van der Waals surface area contributed by atoms with Crippen LogP contribution in [0.2, 0.25) is 0 Å². The molecule has 0 radical (unpaired) electrons. The highest BCUT2D eigenvalue weighted by Crippen LogP contribution is 2.23. The van der Waals surface area contributed by atoms with E-state index in [4.69, 9.17) is 0 Å². The van der Waals surface area contributed by atoms with Crippen LogP contribution < -0.4 is 5.32 Å². The van der Waals surface area contributed by atoms with E-state index in [9.17, 15) is 14.1 Å². The van der Waals surface area contributed by atoms with Crippen molar-refractivity contribution in [3.05, 3.63) is 22.3 Å². The van der Waals surface area contributed by atoms with Gasteiger partial charge in [-0.1, -0.05) is 0 Å². The van der Waals surface area contributed by atoms with E-state index in [2.05, 4.69) is 31.2 Å². The average Bonchev–Trinajstić information content (AvgIpc) is 2.30. The first-order valence-electron chi connectivity index (χ1n) is 4.62. The summed E-state index contributed by atoms with van der Waals surface area (Å²) in [7, 11) is 0. The quantitative estimate of drug-likeness (QED) is 0.901. The average molecular weight is 304 g/mol. The van der Waals surface area contributed by atoms with Crippen molar-refractivity contribution in [2.75, 3.05) is 11.9 Å². The molecule has 1 aromatic heterocycles. The third-order valence-electron chi connectivity index (χ3n) is 2.21. The molecule has 0 saturated heterocycles. The molecule has 6 nitrogen and oxygen atoms in total. The van der Waals surface area contributed by atoms with Crippen LogP contribution in [0.5, 0.6) is 0 Å². The van der Waals surface area contributed by atoms with Gasteiger partial charge in [0.1, 0.15) is 12.4 Å². The summed E-state index contributed by atoms with van der Waals surface area (Å²) in [6, 6.07) is 1.24. The zero-order chi connectivity index (χ0) is 12.4. The van der Waals surface area contributed by atoms with E-state index in [0.29, 0.717) is 5.82 Å². The van der Waals surface area contributed by atoms with Gasteiger partial charge < -0.3 is 4.90 Å². The van der Waals surface area contributed by atoms with Crippen LogP contribution >= 0.6 is 15.9 Å². The van der Waals surface area contributed by atoms with Gasteiger partial charge in [0, 0.05) is 20.8 Å². The van der Waals surface area contributed by atoms with E-state index in [1.807, 2.05) is 0 Å². The van der Waals surface area contributed by atoms with E-state index in [0.717, 1.165) is 14.9 Å². The second kappa shape index (κ2) is 4.66. The zero-order valence-electron chi connectivity index (χ0n) is 8.44. The number of carbonyl (C=O) groups is 2. The number of nitrogens with zero attached hydrogens (tertiary/aromatic N) is 2. The first-order valence-corrected chi connectivity index (χ1v) is 5.41. The minimum atomic E-state index is -1.12. The molecule has 90 valence electrons. The van der Waals surface area contributed by atoms with Gasteiger partial charge in [0.15, 0.2) is 0 Å². The van der Waals surface area contributed by atoms with Crippen molar-refractivity contribution in [1.82, 2.24) is 9.88 Å². The molecule has 0 aromatic carbocycles. The summed E-state index contributed by atoms with van der Waals surface area (Å²) in [4.78, 5) is 30.4. The summed E-state index contributed by atoms with van der Waals surface area (Å²) in [6.45, 7) is -0.281. The van der Waals surface area contributed by atoms with Gasteiger partial charge in [0.2, 0.25) is 0 Å². The first-order chi connectivity index (χ1) is 8.10. The Hall–Kier alpha value is -1.70. The van der Waals surface area contributed by atoms with Crippen molar-refractivity contribution < 1.29 is 19.1 Å². The Bertz CT molecular complexity index is 483. The minimum absolute atomic E-state index is 0.169. The van der Waals surface area contributed by atoms with Crippen LogP contribution in [0.3, 0.4) is 0 Å². The number of hydrogen-bond acceptors (Lipinski definition) is 4. The topological polar surface area (TPSA) is 71.5 Å². The molecule has 17 heavy (non-hydrogen) atoms. The summed E-state index contributed by atoms with van der Waals surface area (Å²) in [5.74, 6) is -0.686. The lowest BCUT2D eigenvalue weighted by Gasteiger charge is -2.27. The van der Waals surface area contributed by atoms with Crippen LogP contribution in [0.1, 0.15) is 5.56 Å². The van der Waals surface area contributed by atoms with Crippen molar-refractivity contribution in [3.63, 3.8) is 0 Å². The van der Waals surface area contributed by atoms with Gasteiger partial charge >= 0.3 is 12.0 Å². The molecule has 1 aliphatic rings. The number of carbonyl (C=O) groups excluding carboxylic acids is 2. The number of hydrogen-bond donors (Lipinski definition) is 1. The van der Waals surface area contributed by atoms with Gasteiger partial charge in [-0.25, -0.2) is 14.6 Å². The maximum absolute atomic E-state index is 11.6. The summed E-state index contributed by atoms with van der Waals surface area (Å²) in [6.07, 6.45) is 1.55. The molecule has 0 aliphatic carbocycles. The number of nitrogens with one attached hydrogen (secondary N) is 1. The summed E-state index contributed by atoms with van der Waals surface area (Å²) >= 11 is 3.24. The smallest absolute Gasteiger partial charge is 0.309 e. The third kappa shape index (κ3) is 2.52. The van der Waals surface area contributed by atoms with Crippen LogP contribution in [0.25, 0.3) is 0 Å². The molecule has 1 aliphatic heterocycles. The normalized spacial score (nSPS) is 14.0. The fraction of sp³-hybridized carbons (Fsp3) is 0.222. The Morgan fingerprint density at radius 2 is 2.47 bits per heavy atom. The van der Waals surface area contributed by atoms with Crippen molar-refractivity contribution in [1.29, 1.82) is 0 Å². The van der Waals surface area contributed by atoms with Gasteiger partial charge in [-0.2, -0.15) is 0 Å². The number of fused-ring (bicyclic) bond motifs is 1. The van der Waals surface area contributed by atoms with Crippen LogP contribution in [0.4, 0.5) is 15.1 Å². The fourth-order valence-corrected chi connectivity index (χ4v) is 1.86. The van der Waals surface area contributed by atoms with Gasteiger partial charge in [0.05, 0.1) is 6.54 Å². The number of aromatic nitrogens is 1. The highest BCUT2D eigenvalue weighted by Gasteiger charge is 2.26. The van der Waals surface area contributed by atoms with E-state index in [1.165, 1.54) is 0 Å². The molecule has 2 rings (SSSR count). The third-order valence-corrected chi connectivity index (χ3v) is 2.65. The maximum Gasteiger partial charge on any atom is 0.368 e. The molecule has 0 spiro atoms. The molecular weight excluding hydrogens is 297 g/mol. The summed E-state index contributed by atoms with van der Waals surface area (Å²) in [5, 5.41) is 2.49. The predicted molar refractivity (Wildman–Crippen MR) is 58.6 cm³/mol.